The Morgan fingerprint density at radius 3 is 2.82 bits per heavy atom. The largest absolute Gasteiger partial charge is 0.424 e. The van der Waals surface area contributed by atoms with Crippen molar-refractivity contribution in [2.45, 2.75) is 33.5 Å². The lowest BCUT2D eigenvalue weighted by Crippen LogP contribution is -2.19. The quantitative estimate of drug-likeness (QED) is 0.780. The van der Waals surface area contributed by atoms with Crippen LogP contribution < -0.4 is 0 Å². The summed E-state index contributed by atoms with van der Waals surface area (Å²) in [6, 6.07) is 2.03. The standard InChI is InChI=1S/C11H17N5O/c1-4-16-10(5-6-12-16)7-15(3)8-11-14-13-9(2)17-11/h5-6H,4,7-8H2,1-3H3. The Balaban J connectivity index is 1.95. The highest BCUT2D eigenvalue weighted by Gasteiger charge is 2.09. The van der Waals surface area contributed by atoms with Gasteiger partial charge in [0.05, 0.1) is 12.2 Å². The maximum Gasteiger partial charge on any atom is 0.230 e. The van der Waals surface area contributed by atoms with Gasteiger partial charge in [-0.1, -0.05) is 0 Å². The summed E-state index contributed by atoms with van der Waals surface area (Å²) in [6.07, 6.45) is 1.82. The summed E-state index contributed by atoms with van der Waals surface area (Å²) in [7, 11) is 2.02. The Kier molecular flexibility index (Phi) is 3.53. The lowest BCUT2D eigenvalue weighted by atomic mass is 10.4. The molecule has 2 heterocycles. The van der Waals surface area contributed by atoms with Gasteiger partial charge < -0.3 is 4.42 Å². The summed E-state index contributed by atoms with van der Waals surface area (Å²) < 4.78 is 7.33. The minimum atomic E-state index is 0.604. The van der Waals surface area contributed by atoms with E-state index in [4.69, 9.17) is 4.42 Å². The summed E-state index contributed by atoms with van der Waals surface area (Å²) in [6.45, 7) is 6.22. The second kappa shape index (κ2) is 5.09. The zero-order chi connectivity index (χ0) is 12.3. The Morgan fingerprint density at radius 1 is 1.35 bits per heavy atom. The summed E-state index contributed by atoms with van der Waals surface area (Å²) in [5.41, 5.74) is 1.19. The van der Waals surface area contributed by atoms with Crippen molar-refractivity contribution < 1.29 is 4.42 Å². The van der Waals surface area contributed by atoms with E-state index in [0.29, 0.717) is 18.3 Å². The second-order valence-electron chi connectivity index (χ2n) is 4.03. The third-order valence-electron chi connectivity index (χ3n) is 2.51. The normalized spacial score (nSPS) is 11.3. The first-order valence-corrected chi connectivity index (χ1v) is 5.67. The molecule has 0 atom stereocenters. The van der Waals surface area contributed by atoms with Gasteiger partial charge >= 0.3 is 0 Å². The van der Waals surface area contributed by atoms with Crippen LogP contribution in [0.25, 0.3) is 0 Å². The first-order chi connectivity index (χ1) is 8.19. The number of nitrogens with zero attached hydrogens (tertiary/aromatic N) is 5. The van der Waals surface area contributed by atoms with E-state index in [1.165, 1.54) is 5.69 Å². The van der Waals surface area contributed by atoms with E-state index in [2.05, 4.69) is 27.1 Å². The molecule has 0 aromatic carbocycles. The smallest absolute Gasteiger partial charge is 0.230 e. The zero-order valence-electron chi connectivity index (χ0n) is 10.4. The fraction of sp³-hybridized carbons (Fsp3) is 0.545. The second-order valence-corrected chi connectivity index (χ2v) is 4.03. The Morgan fingerprint density at radius 2 is 2.18 bits per heavy atom. The van der Waals surface area contributed by atoms with Crippen LogP contribution in [0.15, 0.2) is 16.7 Å². The van der Waals surface area contributed by atoms with Gasteiger partial charge in [-0.25, -0.2) is 0 Å². The molecule has 0 amide bonds. The monoisotopic (exact) mass is 235 g/mol. The van der Waals surface area contributed by atoms with Gasteiger partial charge in [-0.05, 0) is 20.0 Å². The topological polar surface area (TPSA) is 60.0 Å². The lowest BCUT2D eigenvalue weighted by molar-refractivity contribution is 0.271. The number of hydrogen-bond acceptors (Lipinski definition) is 5. The molecule has 0 aliphatic heterocycles. The van der Waals surface area contributed by atoms with Crippen molar-refractivity contribution in [1.29, 1.82) is 0 Å². The molecule has 0 radical (unpaired) electrons. The van der Waals surface area contributed by atoms with Crippen LogP contribution >= 0.6 is 0 Å². The van der Waals surface area contributed by atoms with Gasteiger partial charge in [0.2, 0.25) is 11.8 Å². The fourth-order valence-electron chi connectivity index (χ4n) is 1.74. The molecule has 2 aromatic rings. The SMILES string of the molecule is CCn1nccc1CN(C)Cc1nnc(C)o1. The molecule has 2 aromatic heterocycles. The summed E-state index contributed by atoms with van der Waals surface area (Å²) in [4.78, 5) is 2.12. The molecule has 0 aliphatic rings. The average Bonchev–Trinajstić information content (AvgIpc) is 2.87. The molecular formula is C11H17N5O. The van der Waals surface area contributed by atoms with E-state index in [1.807, 2.05) is 24.0 Å². The predicted octanol–water partition coefficient (Wildman–Crippen LogP) is 1.23. The molecule has 6 heteroatoms. The fourth-order valence-corrected chi connectivity index (χ4v) is 1.74. The number of aryl methyl sites for hydroxylation is 2. The van der Waals surface area contributed by atoms with Crippen LogP contribution in [-0.2, 0) is 19.6 Å². The van der Waals surface area contributed by atoms with Crippen molar-refractivity contribution in [3.05, 3.63) is 29.7 Å². The number of hydrogen-bond donors (Lipinski definition) is 0. The predicted molar refractivity (Wildman–Crippen MR) is 62.1 cm³/mol. The van der Waals surface area contributed by atoms with Crippen molar-refractivity contribution >= 4 is 0 Å². The average molecular weight is 235 g/mol. The number of aromatic nitrogens is 4. The Hall–Kier alpha value is -1.69. The van der Waals surface area contributed by atoms with Gasteiger partial charge in [0.25, 0.3) is 0 Å². The van der Waals surface area contributed by atoms with E-state index >= 15 is 0 Å². The molecule has 6 nitrogen and oxygen atoms in total. The molecule has 0 spiro atoms. The lowest BCUT2D eigenvalue weighted by Gasteiger charge is -2.14. The van der Waals surface area contributed by atoms with Gasteiger partial charge in [0, 0.05) is 26.2 Å². The summed E-state index contributed by atoms with van der Waals surface area (Å²) in [5.74, 6) is 1.25. The molecule has 17 heavy (non-hydrogen) atoms. The Bertz CT molecular complexity index is 476. The summed E-state index contributed by atoms with van der Waals surface area (Å²) >= 11 is 0. The highest BCUT2D eigenvalue weighted by atomic mass is 16.4. The molecule has 0 fully saturated rings. The maximum absolute atomic E-state index is 5.34. The highest BCUT2D eigenvalue weighted by molar-refractivity contribution is 5.00. The first kappa shape index (κ1) is 11.8. The van der Waals surface area contributed by atoms with Crippen molar-refractivity contribution in [3.63, 3.8) is 0 Å². The summed E-state index contributed by atoms with van der Waals surface area (Å²) in [5, 5.41) is 12.0. The van der Waals surface area contributed by atoms with Gasteiger partial charge in [-0.2, -0.15) is 5.10 Å². The molecule has 92 valence electrons. The molecular weight excluding hydrogens is 218 g/mol. The van der Waals surface area contributed by atoms with Crippen LogP contribution in [-0.4, -0.2) is 31.9 Å². The molecule has 0 aliphatic carbocycles. The molecule has 0 N–H and O–H groups in total. The zero-order valence-corrected chi connectivity index (χ0v) is 10.4. The highest BCUT2D eigenvalue weighted by Crippen LogP contribution is 2.07. The van der Waals surface area contributed by atoms with Crippen LogP contribution in [0.1, 0.15) is 24.4 Å². The third kappa shape index (κ3) is 2.91. The van der Waals surface area contributed by atoms with Gasteiger partial charge in [0.1, 0.15) is 0 Å². The van der Waals surface area contributed by atoms with Crippen molar-refractivity contribution in [3.8, 4) is 0 Å². The third-order valence-corrected chi connectivity index (χ3v) is 2.51. The first-order valence-electron chi connectivity index (χ1n) is 5.67. The van der Waals surface area contributed by atoms with Crippen LogP contribution in [0.4, 0.5) is 0 Å². The van der Waals surface area contributed by atoms with Gasteiger partial charge in [-0.15, -0.1) is 10.2 Å². The minimum Gasteiger partial charge on any atom is -0.424 e. The van der Waals surface area contributed by atoms with Gasteiger partial charge in [-0.3, -0.25) is 9.58 Å². The van der Waals surface area contributed by atoms with Crippen LogP contribution in [0.3, 0.4) is 0 Å². The molecule has 0 bridgehead atoms. The Labute approximate surface area is 100 Å². The molecule has 0 unspecified atom stereocenters. The maximum atomic E-state index is 5.34. The molecule has 0 saturated carbocycles. The van der Waals surface area contributed by atoms with Crippen molar-refractivity contribution in [2.24, 2.45) is 0 Å². The van der Waals surface area contributed by atoms with Crippen molar-refractivity contribution in [2.75, 3.05) is 7.05 Å². The number of rotatable bonds is 5. The van der Waals surface area contributed by atoms with Crippen LogP contribution in [0.5, 0.6) is 0 Å². The van der Waals surface area contributed by atoms with E-state index in [9.17, 15) is 0 Å². The van der Waals surface area contributed by atoms with Crippen molar-refractivity contribution in [1.82, 2.24) is 24.9 Å². The van der Waals surface area contributed by atoms with E-state index < -0.39 is 0 Å². The molecule has 2 rings (SSSR count). The molecule has 0 saturated heterocycles. The van der Waals surface area contributed by atoms with E-state index in [0.717, 1.165) is 13.1 Å². The van der Waals surface area contributed by atoms with Crippen LogP contribution in [0.2, 0.25) is 0 Å². The van der Waals surface area contributed by atoms with Crippen LogP contribution in [0, 0.1) is 6.92 Å². The minimum absolute atomic E-state index is 0.604. The van der Waals surface area contributed by atoms with Gasteiger partial charge in [0.15, 0.2) is 0 Å². The van der Waals surface area contributed by atoms with E-state index in [-0.39, 0.29) is 0 Å². The van der Waals surface area contributed by atoms with E-state index in [1.54, 1.807) is 6.92 Å².